The molecule has 0 aliphatic heterocycles. The molecule has 79 heavy (non-hydrogen) atoms. The molecular formula is C78H65N. The van der Waals surface area contributed by atoms with Crippen LogP contribution in [-0.2, 0) is 21.7 Å². The van der Waals surface area contributed by atoms with Crippen molar-refractivity contribution < 1.29 is 0 Å². The highest BCUT2D eigenvalue weighted by molar-refractivity contribution is 6.02. The van der Waals surface area contributed by atoms with Gasteiger partial charge in [-0.2, -0.15) is 0 Å². The van der Waals surface area contributed by atoms with Gasteiger partial charge in [0.1, 0.15) is 0 Å². The summed E-state index contributed by atoms with van der Waals surface area (Å²) in [6, 6.07) is 94.3. The van der Waals surface area contributed by atoms with Crippen molar-refractivity contribution in [2.75, 3.05) is 4.90 Å². The van der Waals surface area contributed by atoms with E-state index in [4.69, 9.17) is 0 Å². The average molecular weight is 1020 g/mol. The molecule has 1 spiro atoms. The second-order valence-electron chi connectivity index (χ2n) is 24.8. The Hall–Kier alpha value is -8.78. The fourth-order valence-corrected chi connectivity index (χ4v) is 14.0. The van der Waals surface area contributed by atoms with Crippen molar-refractivity contribution in [2.45, 2.75) is 77.0 Å². The van der Waals surface area contributed by atoms with Gasteiger partial charge in [-0.3, -0.25) is 0 Å². The summed E-state index contributed by atoms with van der Waals surface area (Å²) < 4.78 is 0. The highest BCUT2D eigenvalue weighted by Crippen LogP contribution is 2.65. The second kappa shape index (κ2) is 17.9. The molecule has 0 amide bonds. The number of hydrogen-bond donors (Lipinski definition) is 0. The Morgan fingerprint density at radius 1 is 0.291 bits per heavy atom. The molecule has 11 aromatic carbocycles. The molecule has 1 nitrogen and oxygen atoms in total. The van der Waals surface area contributed by atoms with Crippen molar-refractivity contribution >= 4 is 17.1 Å². The van der Waals surface area contributed by atoms with Gasteiger partial charge in [0.25, 0.3) is 0 Å². The monoisotopic (exact) mass is 1020 g/mol. The quantitative estimate of drug-likeness (QED) is 0.154. The summed E-state index contributed by atoms with van der Waals surface area (Å²) in [6.07, 6.45) is 0. The molecule has 0 fully saturated rings. The van der Waals surface area contributed by atoms with Crippen LogP contribution in [0.3, 0.4) is 0 Å². The minimum absolute atomic E-state index is 0.0355. The van der Waals surface area contributed by atoms with Gasteiger partial charge in [0, 0.05) is 22.2 Å². The van der Waals surface area contributed by atoms with Crippen LogP contribution in [0.5, 0.6) is 0 Å². The molecule has 11 aromatic rings. The Morgan fingerprint density at radius 2 is 0.722 bits per heavy atom. The summed E-state index contributed by atoms with van der Waals surface area (Å²) >= 11 is 0. The first-order chi connectivity index (χ1) is 38.2. The second-order valence-corrected chi connectivity index (χ2v) is 24.8. The topological polar surface area (TPSA) is 3.24 Å². The van der Waals surface area contributed by atoms with Crippen molar-refractivity contribution in [1.82, 2.24) is 0 Å². The number of anilines is 3. The van der Waals surface area contributed by atoms with Gasteiger partial charge in [0.05, 0.1) is 16.8 Å². The van der Waals surface area contributed by atoms with Crippen molar-refractivity contribution in [3.05, 3.63) is 293 Å². The van der Waals surface area contributed by atoms with Crippen LogP contribution in [0.2, 0.25) is 0 Å². The summed E-state index contributed by atoms with van der Waals surface area (Å²) in [6.45, 7) is 18.8. The summed E-state index contributed by atoms with van der Waals surface area (Å²) in [5, 5.41) is 0. The predicted octanol–water partition coefficient (Wildman–Crippen LogP) is 21.1. The van der Waals surface area contributed by atoms with Gasteiger partial charge >= 0.3 is 0 Å². The van der Waals surface area contributed by atoms with Crippen LogP contribution in [0.1, 0.15) is 99.9 Å². The predicted molar refractivity (Wildman–Crippen MR) is 334 cm³/mol. The molecule has 0 N–H and O–H groups in total. The summed E-state index contributed by atoms with van der Waals surface area (Å²) in [4.78, 5) is 2.53. The maximum absolute atomic E-state index is 2.56. The van der Waals surface area contributed by atoms with Crippen molar-refractivity contribution in [3.8, 4) is 77.9 Å². The molecule has 3 aliphatic rings. The smallest absolute Gasteiger partial charge is 0.0731 e. The van der Waals surface area contributed by atoms with E-state index in [2.05, 4.69) is 309 Å². The Labute approximate surface area is 467 Å². The van der Waals surface area contributed by atoms with E-state index in [1.54, 1.807) is 0 Å². The zero-order valence-corrected chi connectivity index (χ0v) is 46.6. The zero-order valence-electron chi connectivity index (χ0n) is 46.6. The van der Waals surface area contributed by atoms with Crippen LogP contribution < -0.4 is 4.90 Å². The fourth-order valence-electron chi connectivity index (χ4n) is 14.0. The van der Waals surface area contributed by atoms with Gasteiger partial charge in [-0.05, 0) is 146 Å². The van der Waals surface area contributed by atoms with Gasteiger partial charge in [0.2, 0.25) is 0 Å². The van der Waals surface area contributed by atoms with Crippen LogP contribution >= 0.6 is 0 Å². The Kier molecular flexibility index (Phi) is 11.0. The number of para-hydroxylation sites is 2. The van der Waals surface area contributed by atoms with Crippen LogP contribution in [0.25, 0.3) is 77.9 Å². The molecule has 0 aromatic heterocycles. The molecule has 382 valence electrons. The van der Waals surface area contributed by atoms with Gasteiger partial charge in [0.15, 0.2) is 0 Å². The van der Waals surface area contributed by atoms with Crippen molar-refractivity contribution in [1.29, 1.82) is 0 Å². The molecule has 0 saturated heterocycles. The van der Waals surface area contributed by atoms with Crippen molar-refractivity contribution in [3.63, 3.8) is 0 Å². The van der Waals surface area contributed by atoms with E-state index in [9.17, 15) is 0 Å². The van der Waals surface area contributed by atoms with Crippen LogP contribution in [0.4, 0.5) is 17.1 Å². The van der Waals surface area contributed by atoms with E-state index in [0.717, 1.165) is 22.6 Å². The van der Waals surface area contributed by atoms with E-state index in [1.807, 2.05) is 0 Å². The van der Waals surface area contributed by atoms with Gasteiger partial charge in [-0.1, -0.05) is 280 Å². The van der Waals surface area contributed by atoms with Crippen LogP contribution in [0.15, 0.2) is 249 Å². The maximum atomic E-state index is 2.56. The van der Waals surface area contributed by atoms with Crippen LogP contribution in [0, 0.1) is 0 Å². The van der Waals surface area contributed by atoms with E-state index >= 15 is 0 Å². The Balaban J connectivity index is 1.00. The van der Waals surface area contributed by atoms with E-state index < -0.39 is 5.41 Å². The average Bonchev–Trinajstić information content (AvgIpc) is 2.73. The standard InChI is InChI=1S/C78H65N/c1-75(2,3)52-42-46-59-60-47-43-53(76(4,5)6)49-70(60)78(69(59)48-52)67-36-19-14-28-58(67)64-34-22-32-56(74(64)78)51-40-44-54(45-41-51)79(71-38-20-16-29-61(71)57-27-13-12-26-55(57)50-24-10-9-11-25-50)72-39-21-17-30-62(72)63-33-23-37-68-73(63)65-31-15-18-35-66(65)77(68,7)8/h9-49H,1-8H3. The van der Waals surface area contributed by atoms with Gasteiger partial charge in [-0.25, -0.2) is 0 Å². The van der Waals surface area contributed by atoms with Gasteiger partial charge < -0.3 is 4.90 Å². The van der Waals surface area contributed by atoms with Crippen molar-refractivity contribution in [2.24, 2.45) is 0 Å². The number of rotatable bonds is 7. The minimum atomic E-state index is -0.534. The maximum Gasteiger partial charge on any atom is 0.0731 e. The lowest BCUT2D eigenvalue weighted by Crippen LogP contribution is -2.28. The molecule has 0 saturated carbocycles. The Bertz CT molecular complexity index is 4170. The third-order valence-electron chi connectivity index (χ3n) is 17.9. The number of hydrogen-bond acceptors (Lipinski definition) is 1. The first-order valence-corrected chi connectivity index (χ1v) is 28.3. The highest BCUT2D eigenvalue weighted by Gasteiger charge is 2.53. The summed E-state index contributed by atoms with van der Waals surface area (Å²) in [7, 11) is 0. The normalized spacial score (nSPS) is 14.0. The lowest BCUT2D eigenvalue weighted by atomic mass is 9.67. The zero-order chi connectivity index (χ0) is 54.0. The third-order valence-corrected chi connectivity index (χ3v) is 17.9. The number of benzene rings is 11. The molecule has 14 rings (SSSR count). The first-order valence-electron chi connectivity index (χ1n) is 28.3. The van der Waals surface area contributed by atoms with Gasteiger partial charge in [-0.15, -0.1) is 0 Å². The van der Waals surface area contributed by atoms with Crippen LogP contribution in [-0.4, -0.2) is 0 Å². The van der Waals surface area contributed by atoms with E-state index in [1.165, 1.54) is 117 Å². The highest BCUT2D eigenvalue weighted by atomic mass is 15.1. The summed E-state index contributed by atoms with van der Waals surface area (Å²) in [5.41, 5.74) is 31.0. The minimum Gasteiger partial charge on any atom is -0.309 e. The molecule has 3 aliphatic carbocycles. The molecular weight excluding hydrogens is 951 g/mol. The summed E-state index contributed by atoms with van der Waals surface area (Å²) in [5.74, 6) is 0. The molecule has 0 radical (unpaired) electrons. The molecule has 0 unspecified atom stereocenters. The lowest BCUT2D eigenvalue weighted by molar-refractivity contribution is 0.586. The molecule has 0 heterocycles. The number of nitrogens with zero attached hydrogens (tertiary/aromatic N) is 1. The molecule has 0 atom stereocenters. The van der Waals surface area contributed by atoms with E-state index in [0.29, 0.717) is 0 Å². The first kappa shape index (κ1) is 48.6. The molecule has 0 bridgehead atoms. The largest absolute Gasteiger partial charge is 0.309 e. The third kappa shape index (κ3) is 7.35. The Morgan fingerprint density at radius 3 is 1.34 bits per heavy atom. The SMILES string of the molecule is CC(C)(C)c1ccc2c(c1)C1(c3cc(C(C)(C)C)ccc3-2)c2ccccc2-c2cccc(-c3ccc(N(c4ccccc4-c4ccccc4-c4ccccc4)c4ccccc4-c4cccc5c4-c4ccccc4C5(C)C)cc3)c21. The number of fused-ring (bicyclic) bond motifs is 13. The van der Waals surface area contributed by atoms with E-state index in [-0.39, 0.29) is 16.2 Å². The molecule has 1 heteroatoms. The lowest BCUT2D eigenvalue weighted by Gasteiger charge is -2.34. The fraction of sp³-hybridized carbons (Fsp3) is 0.154.